The lowest BCUT2D eigenvalue weighted by molar-refractivity contribution is 0.510. The first-order valence-electron chi connectivity index (χ1n) is 5.69. The highest BCUT2D eigenvalue weighted by molar-refractivity contribution is 6.22. The topological polar surface area (TPSA) is 28.7 Å². The molecule has 0 saturated carbocycles. The highest BCUT2D eigenvalue weighted by Gasteiger charge is 2.16. The van der Waals surface area contributed by atoms with Gasteiger partial charge in [-0.15, -0.1) is 11.6 Å². The molecule has 0 radical (unpaired) electrons. The van der Waals surface area contributed by atoms with E-state index < -0.39 is 17.0 Å². The maximum absolute atomic E-state index is 13.1. The van der Waals surface area contributed by atoms with E-state index in [2.05, 4.69) is 9.97 Å². The summed E-state index contributed by atoms with van der Waals surface area (Å²) in [4.78, 5) is 7.11. The van der Waals surface area contributed by atoms with Crippen LogP contribution in [0.25, 0.3) is 11.0 Å². The SMILES string of the molecule is Fc1cc2nc(C(Cl)c3ccccc3)[nH]c2cc1F. The van der Waals surface area contributed by atoms with Gasteiger partial charge < -0.3 is 4.98 Å². The number of imidazole rings is 1. The molecule has 0 spiro atoms. The Morgan fingerprint density at radius 2 is 1.74 bits per heavy atom. The molecule has 1 heterocycles. The number of hydrogen-bond donors (Lipinski definition) is 1. The van der Waals surface area contributed by atoms with Crippen molar-refractivity contribution in [3.63, 3.8) is 0 Å². The van der Waals surface area contributed by atoms with Gasteiger partial charge in [-0.05, 0) is 5.56 Å². The molecule has 2 aromatic carbocycles. The molecule has 0 fully saturated rings. The van der Waals surface area contributed by atoms with E-state index in [1.807, 2.05) is 30.3 Å². The van der Waals surface area contributed by atoms with Crippen molar-refractivity contribution in [3.05, 3.63) is 65.5 Å². The fraction of sp³-hybridized carbons (Fsp3) is 0.0714. The Kier molecular flexibility index (Phi) is 2.95. The Morgan fingerprint density at radius 3 is 2.47 bits per heavy atom. The molecule has 3 rings (SSSR count). The molecule has 2 nitrogen and oxygen atoms in total. The molecule has 0 bridgehead atoms. The van der Waals surface area contributed by atoms with Crippen LogP contribution in [0.15, 0.2) is 42.5 Å². The van der Waals surface area contributed by atoms with Crippen molar-refractivity contribution in [1.29, 1.82) is 0 Å². The van der Waals surface area contributed by atoms with Crippen LogP contribution in [0.2, 0.25) is 0 Å². The Bertz CT molecular complexity index is 686. The minimum Gasteiger partial charge on any atom is -0.340 e. The lowest BCUT2D eigenvalue weighted by atomic mass is 10.1. The zero-order valence-electron chi connectivity index (χ0n) is 9.70. The van der Waals surface area contributed by atoms with Gasteiger partial charge in [0.1, 0.15) is 11.2 Å². The zero-order valence-corrected chi connectivity index (χ0v) is 10.5. The van der Waals surface area contributed by atoms with Gasteiger partial charge in [-0.3, -0.25) is 0 Å². The Labute approximate surface area is 113 Å². The predicted octanol–water partition coefficient (Wildman–Crippen LogP) is 4.17. The largest absolute Gasteiger partial charge is 0.340 e. The number of benzene rings is 2. The molecule has 1 aromatic heterocycles. The number of nitrogens with one attached hydrogen (secondary N) is 1. The predicted molar refractivity (Wildman–Crippen MR) is 70.1 cm³/mol. The molecule has 0 aliphatic carbocycles. The number of aromatic amines is 1. The Balaban J connectivity index is 2.06. The number of rotatable bonds is 2. The van der Waals surface area contributed by atoms with Crippen LogP contribution in [-0.2, 0) is 0 Å². The van der Waals surface area contributed by atoms with Crippen molar-refractivity contribution < 1.29 is 8.78 Å². The molecule has 96 valence electrons. The van der Waals surface area contributed by atoms with Crippen LogP contribution in [0.4, 0.5) is 8.78 Å². The summed E-state index contributed by atoms with van der Waals surface area (Å²) in [6.45, 7) is 0. The third-order valence-electron chi connectivity index (χ3n) is 2.87. The second-order valence-corrected chi connectivity index (χ2v) is 4.62. The van der Waals surface area contributed by atoms with E-state index in [0.717, 1.165) is 17.7 Å². The summed E-state index contributed by atoms with van der Waals surface area (Å²) in [6, 6.07) is 11.5. The molecule has 0 aliphatic rings. The zero-order chi connectivity index (χ0) is 13.4. The van der Waals surface area contributed by atoms with Crippen molar-refractivity contribution in [2.45, 2.75) is 5.38 Å². The van der Waals surface area contributed by atoms with Crippen molar-refractivity contribution >= 4 is 22.6 Å². The van der Waals surface area contributed by atoms with E-state index >= 15 is 0 Å². The summed E-state index contributed by atoms with van der Waals surface area (Å²) in [7, 11) is 0. The lowest BCUT2D eigenvalue weighted by Gasteiger charge is -2.05. The summed E-state index contributed by atoms with van der Waals surface area (Å²) in [5.41, 5.74) is 1.65. The van der Waals surface area contributed by atoms with Gasteiger partial charge in [0.15, 0.2) is 11.6 Å². The van der Waals surface area contributed by atoms with Crippen LogP contribution in [0.3, 0.4) is 0 Å². The van der Waals surface area contributed by atoms with Crippen molar-refractivity contribution in [3.8, 4) is 0 Å². The number of nitrogens with zero attached hydrogens (tertiary/aromatic N) is 1. The van der Waals surface area contributed by atoms with Crippen LogP contribution >= 0.6 is 11.6 Å². The van der Waals surface area contributed by atoms with Gasteiger partial charge >= 0.3 is 0 Å². The number of aromatic nitrogens is 2. The second-order valence-electron chi connectivity index (χ2n) is 4.18. The minimum absolute atomic E-state index is 0.357. The van der Waals surface area contributed by atoms with E-state index in [0.29, 0.717) is 16.9 Å². The van der Waals surface area contributed by atoms with Crippen LogP contribution in [-0.4, -0.2) is 9.97 Å². The molecule has 1 N–H and O–H groups in total. The quantitative estimate of drug-likeness (QED) is 0.700. The third kappa shape index (κ3) is 2.19. The van der Waals surface area contributed by atoms with E-state index in [1.54, 1.807) is 0 Å². The van der Waals surface area contributed by atoms with Gasteiger partial charge in [-0.25, -0.2) is 13.8 Å². The first-order chi connectivity index (χ1) is 9.15. The molecule has 0 aliphatic heterocycles. The maximum Gasteiger partial charge on any atom is 0.161 e. The molecular weight excluding hydrogens is 270 g/mol. The summed E-state index contributed by atoms with van der Waals surface area (Å²) in [5.74, 6) is -1.36. The summed E-state index contributed by atoms with van der Waals surface area (Å²) in [6.07, 6.45) is 0. The van der Waals surface area contributed by atoms with Gasteiger partial charge in [0.25, 0.3) is 0 Å². The van der Waals surface area contributed by atoms with Crippen molar-refractivity contribution in [2.24, 2.45) is 0 Å². The molecule has 1 atom stereocenters. The van der Waals surface area contributed by atoms with E-state index in [9.17, 15) is 8.78 Å². The highest BCUT2D eigenvalue weighted by Crippen LogP contribution is 2.28. The lowest BCUT2D eigenvalue weighted by Crippen LogP contribution is -1.94. The fourth-order valence-electron chi connectivity index (χ4n) is 1.92. The minimum atomic E-state index is -0.920. The normalized spacial score (nSPS) is 12.8. The van der Waals surface area contributed by atoms with Gasteiger partial charge in [-0.2, -0.15) is 0 Å². The first-order valence-corrected chi connectivity index (χ1v) is 6.12. The van der Waals surface area contributed by atoms with Crippen LogP contribution in [0.5, 0.6) is 0 Å². The Morgan fingerprint density at radius 1 is 1.05 bits per heavy atom. The average molecular weight is 279 g/mol. The van der Waals surface area contributed by atoms with Crippen LogP contribution in [0.1, 0.15) is 16.8 Å². The number of halogens is 3. The molecule has 19 heavy (non-hydrogen) atoms. The number of fused-ring (bicyclic) bond motifs is 1. The van der Waals surface area contributed by atoms with E-state index in [1.165, 1.54) is 0 Å². The van der Waals surface area contributed by atoms with Gasteiger partial charge in [-0.1, -0.05) is 30.3 Å². The fourth-order valence-corrected chi connectivity index (χ4v) is 2.17. The molecular formula is C14H9ClF2N2. The average Bonchev–Trinajstić information content (AvgIpc) is 2.82. The number of H-pyrrole nitrogens is 1. The number of hydrogen-bond acceptors (Lipinski definition) is 1. The third-order valence-corrected chi connectivity index (χ3v) is 3.33. The van der Waals surface area contributed by atoms with Gasteiger partial charge in [0, 0.05) is 12.1 Å². The van der Waals surface area contributed by atoms with Crippen LogP contribution < -0.4 is 0 Å². The monoisotopic (exact) mass is 278 g/mol. The molecule has 1 unspecified atom stereocenters. The van der Waals surface area contributed by atoms with Crippen molar-refractivity contribution in [1.82, 2.24) is 9.97 Å². The highest BCUT2D eigenvalue weighted by atomic mass is 35.5. The first kappa shape index (κ1) is 12.1. The van der Waals surface area contributed by atoms with Gasteiger partial charge in [0.2, 0.25) is 0 Å². The standard InChI is InChI=1S/C14H9ClF2N2/c15-13(8-4-2-1-3-5-8)14-18-11-6-9(16)10(17)7-12(11)19-14/h1-7,13H,(H,18,19). The second kappa shape index (κ2) is 4.63. The Hall–Kier alpha value is -1.94. The summed E-state index contributed by atoms with van der Waals surface area (Å²) in [5, 5.41) is -0.486. The molecule has 0 saturated heterocycles. The maximum atomic E-state index is 13.1. The van der Waals surface area contributed by atoms with Crippen molar-refractivity contribution in [2.75, 3.05) is 0 Å². The van der Waals surface area contributed by atoms with E-state index in [-0.39, 0.29) is 0 Å². The molecule has 0 amide bonds. The molecule has 3 aromatic rings. The smallest absolute Gasteiger partial charge is 0.161 e. The van der Waals surface area contributed by atoms with E-state index in [4.69, 9.17) is 11.6 Å². The van der Waals surface area contributed by atoms with Gasteiger partial charge in [0.05, 0.1) is 11.0 Å². The summed E-state index contributed by atoms with van der Waals surface area (Å²) < 4.78 is 26.2. The number of alkyl halides is 1. The molecule has 5 heteroatoms. The van der Waals surface area contributed by atoms with Crippen LogP contribution in [0, 0.1) is 11.6 Å². The summed E-state index contributed by atoms with van der Waals surface area (Å²) >= 11 is 6.30.